The summed E-state index contributed by atoms with van der Waals surface area (Å²) in [6.07, 6.45) is 0.231. The van der Waals surface area contributed by atoms with Gasteiger partial charge >= 0.3 is 0 Å². The number of rotatable bonds is 5. The number of aliphatic hydroxyl groups excluding tert-OH is 1. The summed E-state index contributed by atoms with van der Waals surface area (Å²) in [6, 6.07) is 9.77. The molecule has 1 atom stereocenters. The molecule has 2 heterocycles. The van der Waals surface area contributed by atoms with Gasteiger partial charge in [0.05, 0.1) is 16.5 Å². The molecular weight excluding hydrogens is 296 g/mol. The number of nitrogens with zero attached hydrogens (tertiary/aromatic N) is 4. The summed E-state index contributed by atoms with van der Waals surface area (Å²) in [5, 5.41) is 15.6. The average molecular weight is 316 g/mol. The van der Waals surface area contributed by atoms with Gasteiger partial charge in [0.25, 0.3) is 0 Å². The predicted octanol–water partition coefficient (Wildman–Crippen LogP) is 2.90. The third-order valence-electron chi connectivity index (χ3n) is 3.78. The fourth-order valence-corrected chi connectivity index (χ4v) is 3.51. The lowest BCUT2D eigenvalue weighted by Crippen LogP contribution is -2.20. The summed E-state index contributed by atoms with van der Waals surface area (Å²) in [4.78, 5) is 6.74. The van der Waals surface area contributed by atoms with E-state index >= 15 is 0 Å². The molecule has 0 unspecified atom stereocenters. The minimum absolute atomic E-state index is 0.443. The number of hydrogen-bond donors (Lipinski definition) is 1. The van der Waals surface area contributed by atoms with Crippen molar-refractivity contribution in [1.29, 1.82) is 0 Å². The van der Waals surface area contributed by atoms with E-state index in [4.69, 9.17) is 0 Å². The Morgan fingerprint density at radius 1 is 1.32 bits per heavy atom. The fraction of sp³-hybridized carbons (Fsp3) is 0.375. The highest BCUT2D eigenvalue weighted by Crippen LogP contribution is 2.30. The van der Waals surface area contributed by atoms with Crippen LogP contribution < -0.4 is 4.90 Å². The Morgan fingerprint density at radius 2 is 2.05 bits per heavy atom. The quantitative estimate of drug-likeness (QED) is 0.786. The standard InChI is InChI=1S/C16H20N4OS/c1-11-14-15(20(3)18-11)17-16(22-14)19(2)10-9-13(21)12-7-5-4-6-8-12/h4-8,13,21H,9-10H2,1-3H3/t13-/m0/s1. The van der Waals surface area contributed by atoms with Gasteiger partial charge in [0.15, 0.2) is 10.8 Å². The van der Waals surface area contributed by atoms with Crippen molar-refractivity contribution >= 4 is 26.8 Å². The first-order valence-electron chi connectivity index (χ1n) is 7.30. The van der Waals surface area contributed by atoms with Gasteiger partial charge in [0.1, 0.15) is 0 Å². The monoisotopic (exact) mass is 316 g/mol. The first kappa shape index (κ1) is 15.0. The lowest BCUT2D eigenvalue weighted by Gasteiger charge is -2.18. The van der Waals surface area contributed by atoms with Gasteiger partial charge in [-0.2, -0.15) is 5.10 Å². The molecule has 5 nitrogen and oxygen atoms in total. The van der Waals surface area contributed by atoms with Gasteiger partial charge in [0.2, 0.25) is 0 Å². The highest BCUT2D eigenvalue weighted by molar-refractivity contribution is 7.22. The third-order valence-corrected chi connectivity index (χ3v) is 5.05. The maximum atomic E-state index is 10.2. The van der Waals surface area contributed by atoms with Crippen molar-refractivity contribution in [2.75, 3.05) is 18.5 Å². The van der Waals surface area contributed by atoms with Crippen molar-refractivity contribution in [2.45, 2.75) is 19.4 Å². The number of thiazole rings is 1. The smallest absolute Gasteiger partial charge is 0.187 e. The van der Waals surface area contributed by atoms with Crippen LogP contribution in [0.4, 0.5) is 5.13 Å². The molecular formula is C16H20N4OS. The summed E-state index contributed by atoms with van der Waals surface area (Å²) in [5.41, 5.74) is 2.90. The van der Waals surface area contributed by atoms with Crippen LogP contribution in [0, 0.1) is 6.92 Å². The summed E-state index contributed by atoms with van der Waals surface area (Å²) < 4.78 is 2.95. The summed E-state index contributed by atoms with van der Waals surface area (Å²) >= 11 is 1.65. The minimum atomic E-state index is -0.443. The van der Waals surface area contributed by atoms with Gasteiger partial charge in [0, 0.05) is 20.6 Å². The van der Waals surface area contributed by atoms with Gasteiger partial charge in [-0.1, -0.05) is 41.7 Å². The van der Waals surface area contributed by atoms with E-state index in [1.54, 1.807) is 11.3 Å². The van der Waals surface area contributed by atoms with Crippen molar-refractivity contribution < 1.29 is 5.11 Å². The second kappa shape index (κ2) is 6.06. The van der Waals surface area contributed by atoms with Gasteiger partial charge in [-0.15, -0.1) is 0 Å². The number of hydrogen-bond acceptors (Lipinski definition) is 5. The Morgan fingerprint density at radius 3 is 2.73 bits per heavy atom. The molecule has 22 heavy (non-hydrogen) atoms. The molecule has 0 radical (unpaired) electrons. The van der Waals surface area contributed by atoms with Crippen LogP contribution in [-0.2, 0) is 7.05 Å². The van der Waals surface area contributed by atoms with Crippen molar-refractivity contribution in [3.63, 3.8) is 0 Å². The zero-order valence-electron chi connectivity index (χ0n) is 13.0. The van der Waals surface area contributed by atoms with E-state index in [-0.39, 0.29) is 0 Å². The lowest BCUT2D eigenvalue weighted by atomic mass is 10.1. The van der Waals surface area contributed by atoms with E-state index in [9.17, 15) is 5.11 Å². The molecule has 116 valence electrons. The highest BCUT2D eigenvalue weighted by Gasteiger charge is 2.15. The molecule has 0 bridgehead atoms. The Kier molecular flexibility index (Phi) is 4.13. The minimum Gasteiger partial charge on any atom is -0.388 e. The van der Waals surface area contributed by atoms with Gasteiger partial charge in [-0.25, -0.2) is 9.67 Å². The molecule has 2 aromatic heterocycles. The molecule has 3 aromatic rings. The van der Waals surface area contributed by atoms with E-state index in [0.29, 0.717) is 6.42 Å². The Hall–Kier alpha value is -1.92. The molecule has 0 aliphatic rings. The third kappa shape index (κ3) is 2.84. The molecule has 0 aliphatic carbocycles. The second-order valence-electron chi connectivity index (χ2n) is 5.49. The number of fused-ring (bicyclic) bond motifs is 1. The van der Waals surface area contributed by atoms with Gasteiger partial charge in [-0.05, 0) is 18.9 Å². The summed E-state index contributed by atoms with van der Waals surface area (Å²) in [7, 11) is 3.93. The van der Waals surface area contributed by atoms with E-state index in [1.165, 1.54) is 0 Å². The van der Waals surface area contributed by atoms with Crippen LogP contribution in [0.25, 0.3) is 10.3 Å². The zero-order chi connectivity index (χ0) is 15.7. The molecule has 0 fully saturated rings. The van der Waals surface area contributed by atoms with Gasteiger partial charge in [-0.3, -0.25) is 0 Å². The van der Waals surface area contributed by atoms with Crippen LogP contribution >= 0.6 is 11.3 Å². The van der Waals surface area contributed by atoms with Gasteiger partial charge < -0.3 is 10.0 Å². The van der Waals surface area contributed by atoms with Crippen LogP contribution in [0.1, 0.15) is 23.8 Å². The molecule has 0 aliphatic heterocycles. The van der Waals surface area contributed by atoms with E-state index in [2.05, 4.69) is 15.0 Å². The van der Waals surface area contributed by atoms with Crippen molar-refractivity contribution in [2.24, 2.45) is 7.05 Å². The Labute approximate surface area is 133 Å². The number of aryl methyl sites for hydroxylation is 2. The molecule has 0 amide bonds. The van der Waals surface area contributed by atoms with E-state index < -0.39 is 6.10 Å². The normalized spacial score (nSPS) is 12.7. The topological polar surface area (TPSA) is 54.2 Å². The average Bonchev–Trinajstić information content (AvgIpc) is 3.08. The second-order valence-corrected chi connectivity index (χ2v) is 6.47. The van der Waals surface area contributed by atoms with Crippen LogP contribution in [-0.4, -0.2) is 33.5 Å². The number of aliphatic hydroxyl groups is 1. The largest absolute Gasteiger partial charge is 0.388 e. The predicted molar refractivity (Wildman–Crippen MR) is 90.4 cm³/mol. The van der Waals surface area contributed by atoms with Crippen LogP contribution in [0.5, 0.6) is 0 Å². The molecule has 0 saturated carbocycles. The number of benzene rings is 1. The van der Waals surface area contributed by atoms with E-state index in [1.807, 2.05) is 56.0 Å². The van der Waals surface area contributed by atoms with Crippen LogP contribution in [0.3, 0.4) is 0 Å². The molecule has 3 rings (SSSR count). The molecule has 6 heteroatoms. The maximum absolute atomic E-state index is 10.2. The Balaban J connectivity index is 1.68. The number of anilines is 1. The zero-order valence-corrected chi connectivity index (χ0v) is 13.8. The summed E-state index contributed by atoms with van der Waals surface area (Å²) in [6.45, 7) is 2.76. The molecule has 0 saturated heterocycles. The first-order valence-corrected chi connectivity index (χ1v) is 8.12. The fourth-order valence-electron chi connectivity index (χ4n) is 2.49. The van der Waals surface area contributed by atoms with Crippen molar-refractivity contribution in [1.82, 2.24) is 14.8 Å². The van der Waals surface area contributed by atoms with Crippen LogP contribution in [0.15, 0.2) is 30.3 Å². The SMILES string of the molecule is Cc1nn(C)c2nc(N(C)CC[C@H](O)c3ccccc3)sc12. The van der Waals surface area contributed by atoms with Crippen molar-refractivity contribution in [3.8, 4) is 0 Å². The Bertz CT molecular complexity index is 731. The highest BCUT2D eigenvalue weighted by atomic mass is 32.1. The molecule has 1 N–H and O–H groups in total. The lowest BCUT2D eigenvalue weighted by molar-refractivity contribution is 0.170. The first-order chi connectivity index (χ1) is 10.6. The van der Waals surface area contributed by atoms with E-state index in [0.717, 1.165) is 33.3 Å². The molecule has 1 aromatic carbocycles. The van der Waals surface area contributed by atoms with Crippen molar-refractivity contribution in [3.05, 3.63) is 41.6 Å². The molecule has 0 spiro atoms. The maximum Gasteiger partial charge on any atom is 0.187 e. The summed E-state index contributed by atoms with van der Waals surface area (Å²) in [5.74, 6) is 0. The number of aromatic nitrogens is 3. The van der Waals surface area contributed by atoms with Crippen LogP contribution in [0.2, 0.25) is 0 Å².